The monoisotopic (exact) mass is 641 g/mol. The second kappa shape index (κ2) is 13.2. The minimum atomic E-state index is -5.04. The van der Waals surface area contributed by atoms with E-state index < -0.39 is 54.0 Å². The maximum Gasteiger partial charge on any atom is 0.416 e. The van der Waals surface area contributed by atoms with Gasteiger partial charge in [-0.3, -0.25) is 9.69 Å². The van der Waals surface area contributed by atoms with Crippen LogP contribution in [0.3, 0.4) is 0 Å². The number of amides is 1. The van der Waals surface area contributed by atoms with Crippen molar-refractivity contribution >= 4 is 23.7 Å². The zero-order valence-electron chi connectivity index (χ0n) is 24.3. The Kier molecular flexibility index (Phi) is 9.73. The summed E-state index contributed by atoms with van der Waals surface area (Å²) in [5, 5.41) is 13.0. The molecule has 0 fully saturated rings. The second-order valence-corrected chi connectivity index (χ2v) is 10.2. The zero-order valence-corrected chi connectivity index (χ0v) is 24.3. The number of anilines is 2. The standard InChI is InChI=1S/C29H29F6N5O5/c1-4-19-13-21(25-22(40(19)27(42)43)6-7-23(39-25)44-2)38-26-36-14-16(5-8-24(41)45-3)20(37-26)11-15-9-17(28(30,31)32)12-18(10-15)29(33,34)35/h6-7,9-10,12,14,19,21H,4-5,8,11,13H2,1-3H3,(H,42,43)(H,36,37,38)/t19-,21+/m1/s1. The van der Waals surface area contributed by atoms with Crippen LogP contribution < -0.4 is 15.0 Å². The fourth-order valence-corrected chi connectivity index (χ4v) is 5.13. The molecule has 1 aliphatic rings. The van der Waals surface area contributed by atoms with Gasteiger partial charge in [-0.2, -0.15) is 26.3 Å². The van der Waals surface area contributed by atoms with Gasteiger partial charge < -0.3 is 19.9 Å². The number of carboxylic acid groups (broad SMARTS) is 1. The summed E-state index contributed by atoms with van der Waals surface area (Å²) in [5.41, 5.74) is -2.24. The Morgan fingerprint density at radius 2 is 1.71 bits per heavy atom. The van der Waals surface area contributed by atoms with Crippen molar-refractivity contribution in [3.63, 3.8) is 0 Å². The van der Waals surface area contributed by atoms with E-state index in [9.17, 15) is 41.0 Å². The van der Waals surface area contributed by atoms with Gasteiger partial charge in [0.15, 0.2) is 0 Å². The number of alkyl halides is 6. The number of aryl methyl sites for hydroxylation is 1. The SMILES string of the molecule is CC[C@@H]1C[C@H](Nc2ncc(CCC(=O)OC)c(Cc3cc(C(F)(F)F)cc(C(F)(F)F)c3)n2)c2nc(OC)ccc2N1C(=O)O. The summed E-state index contributed by atoms with van der Waals surface area (Å²) < 4.78 is 91.1. The number of halogens is 6. The van der Waals surface area contributed by atoms with Gasteiger partial charge in [-0.05, 0) is 54.7 Å². The van der Waals surface area contributed by atoms with Crippen molar-refractivity contribution in [3.05, 3.63) is 70.2 Å². The van der Waals surface area contributed by atoms with Crippen LogP contribution in [0.25, 0.3) is 0 Å². The first-order valence-electron chi connectivity index (χ1n) is 13.7. The first kappa shape index (κ1) is 33.3. The maximum absolute atomic E-state index is 13.5. The van der Waals surface area contributed by atoms with Gasteiger partial charge >= 0.3 is 24.4 Å². The average Bonchev–Trinajstić information content (AvgIpc) is 2.98. The highest BCUT2D eigenvalue weighted by molar-refractivity contribution is 5.88. The summed E-state index contributed by atoms with van der Waals surface area (Å²) in [7, 11) is 2.57. The smallest absolute Gasteiger partial charge is 0.416 e. The molecule has 10 nitrogen and oxygen atoms in total. The van der Waals surface area contributed by atoms with Gasteiger partial charge in [-0.1, -0.05) is 6.92 Å². The van der Waals surface area contributed by atoms with Crippen LogP contribution in [0.5, 0.6) is 5.88 Å². The number of aromatic nitrogens is 3. The number of ether oxygens (including phenoxy) is 2. The molecule has 242 valence electrons. The number of carbonyl (C=O) groups excluding carboxylic acids is 1. The number of esters is 1. The average molecular weight is 642 g/mol. The molecule has 4 rings (SSSR count). The molecule has 3 heterocycles. The molecule has 0 saturated heterocycles. The summed E-state index contributed by atoms with van der Waals surface area (Å²) in [6.45, 7) is 1.81. The van der Waals surface area contributed by atoms with Crippen LogP contribution in [-0.2, 0) is 34.7 Å². The molecule has 1 aromatic carbocycles. The summed E-state index contributed by atoms with van der Waals surface area (Å²) in [5.74, 6) is -0.409. The van der Waals surface area contributed by atoms with E-state index >= 15 is 0 Å². The van der Waals surface area contributed by atoms with Crippen molar-refractivity contribution in [1.29, 1.82) is 0 Å². The van der Waals surface area contributed by atoms with Gasteiger partial charge in [0, 0.05) is 31.1 Å². The van der Waals surface area contributed by atoms with E-state index in [-0.39, 0.29) is 48.4 Å². The molecule has 1 aliphatic heterocycles. The number of methoxy groups -OCH3 is 2. The van der Waals surface area contributed by atoms with E-state index in [0.29, 0.717) is 35.5 Å². The first-order chi connectivity index (χ1) is 21.1. The van der Waals surface area contributed by atoms with E-state index in [1.54, 1.807) is 6.07 Å². The number of pyridine rings is 1. The Balaban J connectivity index is 1.76. The molecule has 3 aromatic rings. The van der Waals surface area contributed by atoms with E-state index in [1.165, 1.54) is 31.4 Å². The lowest BCUT2D eigenvalue weighted by atomic mass is 9.93. The second-order valence-electron chi connectivity index (χ2n) is 10.2. The predicted molar refractivity (Wildman–Crippen MR) is 148 cm³/mol. The molecule has 0 spiro atoms. The van der Waals surface area contributed by atoms with Gasteiger partial charge in [-0.25, -0.2) is 19.7 Å². The lowest BCUT2D eigenvalue weighted by molar-refractivity contribution is -0.143. The molecular formula is C29H29F6N5O5. The van der Waals surface area contributed by atoms with E-state index in [1.807, 2.05) is 6.92 Å². The Morgan fingerprint density at radius 3 is 2.27 bits per heavy atom. The van der Waals surface area contributed by atoms with E-state index in [4.69, 9.17) is 4.74 Å². The third-order valence-electron chi connectivity index (χ3n) is 7.33. The third-order valence-corrected chi connectivity index (χ3v) is 7.33. The topological polar surface area (TPSA) is 127 Å². The molecule has 16 heteroatoms. The number of nitrogens with one attached hydrogen (secondary N) is 1. The molecule has 2 atom stereocenters. The van der Waals surface area contributed by atoms with Gasteiger partial charge in [0.1, 0.15) is 0 Å². The third kappa shape index (κ3) is 7.72. The largest absolute Gasteiger partial charge is 0.481 e. The highest BCUT2D eigenvalue weighted by Gasteiger charge is 2.38. The van der Waals surface area contributed by atoms with Gasteiger partial charge in [0.25, 0.3) is 0 Å². The number of carbonyl (C=O) groups is 2. The normalized spacial score (nSPS) is 16.6. The number of hydrogen-bond donors (Lipinski definition) is 2. The number of rotatable bonds is 9. The molecule has 0 aliphatic carbocycles. The number of nitrogens with zero attached hydrogens (tertiary/aromatic N) is 4. The number of benzene rings is 1. The van der Waals surface area contributed by atoms with Crippen molar-refractivity contribution < 1.29 is 50.5 Å². The van der Waals surface area contributed by atoms with Crippen molar-refractivity contribution in [3.8, 4) is 5.88 Å². The maximum atomic E-state index is 13.5. The Bertz CT molecular complexity index is 1530. The lowest BCUT2D eigenvalue weighted by Gasteiger charge is -2.38. The molecule has 2 aromatic heterocycles. The Labute approximate surface area is 253 Å². The predicted octanol–water partition coefficient (Wildman–Crippen LogP) is 6.43. The number of hydrogen-bond acceptors (Lipinski definition) is 8. The summed E-state index contributed by atoms with van der Waals surface area (Å²) in [6.07, 6.45) is -9.82. The van der Waals surface area contributed by atoms with Crippen molar-refractivity contribution in [2.24, 2.45) is 0 Å². The fourth-order valence-electron chi connectivity index (χ4n) is 5.13. The van der Waals surface area contributed by atoms with Crippen LogP contribution in [0.1, 0.15) is 65.9 Å². The van der Waals surface area contributed by atoms with Crippen LogP contribution in [0, 0.1) is 0 Å². The Hall–Kier alpha value is -4.63. The lowest BCUT2D eigenvalue weighted by Crippen LogP contribution is -2.45. The highest BCUT2D eigenvalue weighted by Crippen LogP contribution is 2.40. The van der Waals surface area contributed by atoms with Crippen molar-refractivity contribution in [2.75, 3.05) is 24.4 Å². The Morgan fingerprint density at radius 1 is 1.04 bits per heavy atom. The van der Waals surface area contributed by atoms with E-state index in [0.717, 1.165) is 0 Å². The van der Waals surface area contributed by atoms with Crippen molar-refractivity contribution in [1.82, 2.24) is 15.0 Å². The highest BCUT2D eigenvalue weighted by atomic mass is 19.4. The molecule has 45 heavy (non-hydrogen) atoms. The van der Waals surface area contributed by atoms with Crippen LogP contribution in [0.4, 0.5) is 42.8 Å². The quantitative estimate of drug-likeness (QED) is 0.201. The van der Waals surface area contributed by atoms with Crippen LogP contribution in [-0.4, -0.2) is 52.4 Å². The molecule has 1 amide bonds. The molecule has 2 N–H and O–H groups in total. The van der Waals surface area contributed by atoms with Crippen molar-refractivity contribution in [2.45, 2.75) is 63.5 Å². The minimum absolute atomic E-state index is 0.00384. The van der Waals surface area contributed by atoms with Gasteiger partial charge in [-0.15, -0.1) is 0 Å². The molecule has 0 unspecified atom stereocenters. The van der Waals surface area contributed by atoms with Gasteiger partial charge in [0.05, 0.1) is 48.5 Å². The zero-order chi connectivity index (χ0) is 33.1. The van der Waals surface area contributed by atoms with Crippen LogP contribution in [0.2, 0.25) is 0 Å². The first-order valence-corrected chi connectivity index (χ1v) is 13.7. The summed E-state index contributed by atoms with van der Waals surface area (Å²) in [4.78, 5) is 38.3. The minimum Gasteiger partial charge on any atom is -0.481 e. The van der Waals surface area contributed by atoms with Crippen LogP contribution >= 0.6 is 0 Å². The van der Waals surface area contributed by atoms with Crippen LogP contribution in [0.15, 0.2) is 36.5 Å². The molecule has 0 saturated carbocycles. The summed E-state index contributed by atoms with van der Waals surface area (Å²) >= 11 is 0. The molecule has 0 radical (unpaired) electrons. The van der Waals surface area contributed by atoms with E-state index in [2.05, 4.69) is 25.0 Å². The fraction of sp³-hybridized carbons (Fsp3) is 0.414. The summed E-state index contributed by atoms with van der Waals surface area (Å²) in [6, 6.07) is 3.24. The molecular weight excluding hydrogens is 612 g/mol. The van der Waals surface area contributed by atoms with Gasteiger partial charge in [0.2, 0.25) is 11.8 Å². The number of fused-ring (bicyclic) bond motifs is 1. The molecule has 0 bridgehead atoms.